The molecule has 5 saturated carbocycles. The smallest absolute Gasteiger partial charge is 0.226 e. The highest BCUT2D eigenvalue weighted by Gasteiger charge is 2.66. The van der Waals surface area contributed by atoms with Crippen LogP contribution in [-0.4, -0.2) is 25.2 Å². The molecule has 1 amide bonds. The quantitative estimate of drug-likeness (QED) is 0.702. The molecule has 0 spiro atoms. The van der Waals surface area contributed by atoms with Gasteiger partial charge in [-0.15, -0.1) is 0 Å². The highest BCUT2D eigenvalue weighted by molar-refractivity contribution is 5.84. The second kappa shape index (κ2) is 7.41. The molecule has 3 nitrogen and oxygen atoms in total. The fourth-order valence-electron chi connectivity index (χ4n) is 8.07. The zero-order chi connectivity index (χ0) is 20.0. The summed E-state index contributed by atoms with van der Waals surface area (Å²) in [6.07, 6.45) is 13.0. The summed E-state index contributed by atoms with van der Waals surface area (Å²) >= 11 is 0. The van der Waals surface area contributed by atoms with E-state index in [-0.39, 0.29) is 16.2 Å². The standard InChI is InChI=1S/C26H37NO2/c1-2-29-19-24-13-20-14-25(16-24,21-9-5-3-6-10-21)18-26(15-20,17-24)23(28)27-22-11-7-4-8-12-22/h3,5-6,9-10,20,22H,2,4,7-8,11-19H2,1H3,(H,27,28)/t20?,24-,25+,26?/m0/s1. The van der Waals surface area contributed by atoms with Gasteiger partial charge in [0.2, 0.25) is 5.91 Å². The first kappa shape index (κ1) is 19.6. The Morgan fingerprint density at radius 2 is 1.83 bits per heavy atom. The lowest BCUT2D eigenvalue weighted by atomic mass is 9.38. The Morgan fingerprint density at radius 1 is 1.03 bits per heavy atom. The number of carbonyl (C=O) groups is 1. The average Bonchev–Trinajstić information content (AvgIpc) is 2.73. The minimum absolute atomic E-state index is 0.154. The minimum atomic E-state index is -0.191. The van der Waals surface area contributed by atoms with Gasteiger partial charge in [-0.05, 0) is 80.6 Å². The second-order valence-corrected chi connectivity index (χ2v) is 10.9. The van der Waals surface area contributed by atoms with E-state index < -0.39 is 0 Å². The first-order valence-electron chi connectivity index (χ1n) is 12.0. The van der Waals surface area contributed by atoms with Crippen LogP contribution in [0.2, 0.25) is 0 Å². The first-order valence-corrected chi connectivity index (χ1v) is 12.0. The van der Waals surface area contributed by atoms with Crippen molar-refractivity contribution in [1.29, 1.82) is 0 Å². The molecule has 6 rings (SSSR count). The largest absolute Gasteiger partial charge is 0.381 e. The number of carbonyl (C=O) groups excluding carboxylic acids is 1. The van der Waals surface area contributed by atoms with Crippen molar-refractivity contribution in [2.45, 2.75) is 89.0 Å². The van der Waals surface area contributed by atoms with E-state index in [9.17, 15) is 4.79 Å². The summed E-state index contributed by atoms with van der Waals surface area (Å²) in [6.45, 7) is 3.69. The third-order valence-corrected chi connectivity index (χ3v) is 8.60. The Balaban J connectivity index is 1.48. The molecule has 0 heterocycles. The summed E-state index contributed by atoms with van der Waals surface area (Å²) in [4.78, 5) is 13.8. The summed E-state index contributed by atoms with van der Waals surface area (Å²) in [7, 11) is 0. The predicted octanol–water partition coefficient (Wildman–Crippen LogP) is 5.38. The van der Waals surface area contributed by atoms with Gasteiger partial charge < -0.3 is 10.1 Å². The van der Waals surface area contributed by atoms with Crippen LogP contribution < -0.4 is 5.32 Å². The maximum atomic E-state index is 13.8. The normalized spacial score (nSPS) is 38.9. The van der Waals surface area contributed by atoms with Crippen LogP contribution in [0.5, 0.6) is 0 Å². The molecule has 4 bridgehead atoms. The maximum Gasteiger partial charge on any atom is 0.226 e. The monoisotopic (exact) mass is 395 g/mol. The van der Waals surface area contributed by atoms with Gasteiger partial charge in [-0.3, -0.25) is 4.79 Å². The maximum absolute atomic E-state index is 13.8. The van der Waals surface area contributed by atoms with Crippen LogP contribution in [0.1, 0.15) is 83.1 Å². The molecular weight excluding hydrogens is 358 g/mol. The molecule has 158 valence electrons. The lowest BCUT2D eigenvalue weighted by Gasteiger charge is -2.66. The predicted molar refractivity (Wildman–Crippen MR) is 116 cm³/mol. The number of nitrogens with one attached hydrogen (secondary N) is 1. The Morgan fingerprint density at radius 3 is 2.59 bits per heavy atom. The molecule has 5 fully saturated rings. The van der Waals surface area contributed by atoms with E-state index in [1.165, 1.54) is 56.9 Å². The van der Waals surface area contributed by atoms with Crippen LogP contribution in [0.15, 0.2) is 30.3 Å². The fraction of sp³-hybridized carbons (Fsp3) is 0.731. The van der Waals surface area contributed by atoms with Gasteiger partial charge in [0.15, 0.2) is 0 Å². The van der Waals surface area contributed by atoms with Gasteiger partial charge in [0.25, 0.3) is 0 Å². The van der Waals surface area contributed by atoms with Crippen molar-refractivity contribution in [3.8, 4) is 0 Å². The number of rotatable bonds is 6. The minimum Gasteiger partial charge on any atom is -0.381 e. The van der Waals surface area contributed by atoms with Crippen molar-refractivity contribution in [1.82, 2.24) is 5.32 Å². The average molecular weight is 396 g/mol. The lowest BCUT2D eigenvalue weighted by Crippen LogP contribution is -2.64. The summed E-state index contributed by atoms with van der Waals surface area (Å²) in [5.74, 6) is 1.03. The number of amides is 1. The van der Waals surface area contributed by atoms with E-state index in [1.807, 2.05) is 0 Å². The van der Waals surface area contributed by atoms with Crippen LogP contribution in [0, 0.1) is 16.7 Å². The van der Waals surface area contributed by atoms with E-state index in [1.54, 1.807) is 0 Å². The third-order valence-electron chi connectivity index (χ3n) is 8.60. The van der Waals surface area contributed by atoms with Crippen LogP contribution in [-0.2, 0) is 14.9 Å². The number of ether oxygens (including phenoxy) is 1. The third kappa shape index (κ3) is 3.44. The van der Waals surface area contributed by atoms with Crippen molar-refractivity contribution in [3.05, 3.63) is 35.9 Å². The number of hydrogen-bond acceptors (Lipinski definition) is 2. The second-order valence-electron chi connectivity index (χ2n) is 10.9. The molecule has 3 heteroatoms. The molecule has 4 atom stereocenters. The fourth-order valence-corrected chi connectivity index (χ4v) is 8.07. The molecule has 1 aromatic rings. The van der Waals surface area contributed by atoms with Gasteiger partial charge >= 0.3 is 0 Å². The molecule has 0 aromatic heterocycles. The van der Waals surface area contributed by atoms with E-state index in [2.05, 4.69) is 42.6 Å². The van der Waals surface area contributed by atoms with Crippen LogP contribution in [0.3, 0.4) is 0 Å². The topological polar surface area (TPSA) is 38.3 Å². The molecular formula is C26H37NO2. The van der Waals surface area contributed by atoms with Gasteiger partial charge in [0, 0.05) is 12.6 Å². The highest BCUT2D eigenvalue weighted by atomic mass is 16.5. The molecule has 5 aliphatic carbocycles. The Bertz CT molecular complexity index is 742. The molecule has 1 aromatic carbocycles. The van der Waals surface area contributed by atoms with Crippen LogP contribution >= 0.6 is 0 Å². The van der Waals surface area contributed by atoms with Crippen molar-refractivity contribution < 1.29 is 9.53 Å². The molecule has 5 aliphatic rings. The molecule has 0 radical (unpaired) electrons. The number of hydrogen-bond donors (Lipinski definition) is 1. The molecule has 1 N–H and O–H groups in total. The van der Waals surface area contributed by atoms with Gasteiger partial charge in [0.05, 0.1) is 12.0 Å². The lowest BCUT2D eigenvalue weighted by molar-refractivity contribution is -0.172. The van der Waals surface area contributed by atoms with Crippen molar-refractivity contribution >= 4 is 5.91 Å². The van der Waals surface area contributed by atoms with E-state index in [0.717, 1.165) is 32.5 Å². The molecule has 2 unspecified atom stereocenters. The van der Waals surface area contributed by atoms with E-state index in [4.69, 9.17) is 4.74 Å². The van der Waals surface area contributed by atoms with Gasteiger partial charge in [0.1, 0.15) is 0 Å². The van der Waals surface area contributed by atoms with Crippen LogP contribution in [0.25, 0.3) is 0 Å². The Hall–Kier alpha value is -1.35. The first-order chi connectivity index (χ1) is 14.1. The summed E-state index contributed by atoms with van der Waals surface area (Å²) in [5.41, 5.74) is 1.60. The van der Waals surface area contributed by atoms with E-state index in [0.29, 0.717) is 17.9 Å². The Kier molecular flexibility index (Phi) is 5.01. The summed E-state index contributed by atoms with van der Waals surface area (Å²) < 4.78 is 6.04. The van der Waals surface area contributed by atoms with E-state index >= 15 is 0 Å². The van der Waals surface area contributed by atoms with Gasteiger partial charge in [-0.2, -0.15) is 0 Å². The molecule has 29 heavy (non-hydrogen) atoms. The molecule has 0 aliphatic heterocycles. The summed E-state index contributed by atoms with van der Waals surface area (Å²) in [6, 6.07) is 11.5. The zero-order valence-electron chi connectivity index (χ0n) is 18.1. The van der Waals surface area contributed by atoms with Crippen molar-refractivity contribution in [3.63, 3.8) is 0 Å². The molecule has 0 saturated heterocycles. The SMILES string of the molecule is CCOC[C@]12CC3CC(C(=O)NC4CCCCC4)(C1)C[C@@](c1ccccc1)(C3)C2. The zero-order valence-corrected chi connectivity index (χ0v) is 18.1. The van der Waals surface area contributed by atoms with Crippen molar-refractivity contribution in [2.75, 3.05) is 13.2 Å². The van der Waals surface area contributed by atoms with Gasteiger partial charge in [-0.25, -0.2) is 0 Å². The van der Waals surface area contributed by atoms with Crippen LogP contribution in [0.4, 0.5) is 0 Å². The highest BCUT2D eigenvalue weighted by Crippen LogP contribution is 2.70. The number of benzene rings is 1. The Labute approximate surface area is 176 Å². The van der Waals surface area contributed by atoms with Crippen molar-refractivity contribution in [2.24, 2.45) is 16.7 Å². The summed E-state index contributed by atoms with van der Waals surface area (Å²) in [5, 5.41) is 3.54. The van der Waals surface area contributed by atoms with Gasteiger partial charge in [-0.1, -0.05) is 49.6 Å².